The third kappa shape index (κ3) is 2.30. The first-order chi connectivity index (χ1) is 11.8. The molecule has 0 fully saturated rings. The van der Waals surface area contributed by atoms with Crippen molar-refractivity contribution in [1.82, 2.24) is 14.6 Å². The third-order valence-electron chi connectivity index (χ3n) is 3.75. The van der Waals surface area contributed by atoms with E-state index in [0.717, 1.165) is 22.8 Å². The lowest BCUT2D eigenvalue weighted by molar-refractivity contribution is 0.980. The summed E-state index contributed by atoms with van der Waals surface area (Å²) in [6, 6.07) is 19.5. The maximum Gasteiger partial charge on any atom is 0.173 e. The lowest BCUT2D eigenvalue weighted by atomic mass is 10.1. The third-order valence-corrected chi connectivity index (χ3v) is 4.08. The van der Waals surface area contributed by atoms with Crippen LogP contribution in [0.5, 0.6) is 0 Å². The van der Waals surface area contributed by atoms with Crippen LogP contribution in [0.1, 0.15) is 5.56 Å². The van der Waals surface area contributed by atoms with Gasteiger partial charge in [0.1, 0.15) is 17.3 Å². The van der Waals surface area contributed by atoms with Gasteiger partial charge in [-0.2, -0.15) is 5.26 Å². The molecule has 0 spiro atoms. The number of imidazole rings is 1. The molecule has 2 N–H and O–H groups in total. The van der Waals surface area contributed by atoms with Gasteiger partial charge in [0, 0.05) is 11.8 Å². The van der Waals surface area contributed by atoms with Gasteiger partial charge in [0.15, 0.2) is 11.5 Å². The molecule has 0 bridgehead atoms. The molecule has 4 rings (SSSR count). The molecule has 0 aliphatic carbocycles. The highest BCUT2D eigenvalue weighted by atomic mass is 35.5. The number of benzene rings is 2. The molecule has 0 radical (unpaired) electrons. The van der Waals surface area contributed by atoms with Crippen molar-refractivity contribution in [2.75, 3.05) is 5.32 Å². The molecule has 116 valence electrons. The molecular weight excluding hydrogens is 322 g/mol. The van der Waals surface area contributed by atoms with Crippen molar-refractivity contribution in [2.45, 2.75) is 0 Å². The standard InChI is InChI=1S/C18H12ClN5/c19-14-8-4-5-9-15(14)22-18-16(12-6-2-1-3-7-12)23-17-13(10-20)11-21-24(17)18/h1-9,11,21-22H. The Morgan fingerprint density at radius 1 is 1.08 bits per heavy atom. The summed E-state index contributed by atoms with van der Waals surface area (Å²) in [7, 11) is 0. The van der Waals surface area contributed by atoms with E-state index in [4.69, 9.17) is 11.6 Å². The Kier molecular flexibility index (Phi) is 3.45. The summed E-state index contributed by atoms with van der Waals surface area (Å²) in [6.07, 6.45) is 1.63. The quantitative estimate of drug-likeness (QED) is 0.575. The summed E-state index contributed by atoms with van der Waals surface area (Å²) in [5, 5.41) is 16.3. The normalized spacial score (nSPS) is 10.7. The molecule has 4 aromatic rings. The molecule has 0 amide bonds. The van der Waals surface area contributed by atoms with Crippen molar-refractivity contribution in [3.05, 3.63) is 71.4 Å². The van der Waals surface area contributed by atoms with E-state index in [1.54, 1.807) is 10.7 Å². The number of para-hydroxylation sites is 1. The second-order valence-corrected chi connectivity index (χ2v) is 5.65. The van der Waals surface area contributed by atoms with Crippen molar-refractivity contribution < 1.29 is 0 Å². The second kappa shape index (κ2) is 5.76. The minimum atomic E-state index is 0.486. The van der Waals surface area contributed by atoms with Crippen LogP contribution >= 0.6 is 11.6 Å². The monoisotopic (exact) mass is 333 g/mol. The number of anilines is 2. The molecule has 2 aromatic heterocycles. The number of fused-ring (bicyclic) bond motifs is 1. The topological polar surface area (TPSA) is 68.9 Å². The van der Waals surface area contributed by atoms with Crippen molar-refractivity contribution in [1.29, 1.82) is 5.26 Å². The van der Waals surface area contributed by atoms with Gasteiger partial charge in [0.05, 0.1) is 10.7 Å². The van der Waals surface area contributed by atoms with Gasteiger partial charge in [0.2, 0.25) is 0 Å². The highest BCUT2D eigenvalue weighted by molar-refractivity contribution is 6.33. The van der Waals surface area contributed by atoms with E-state index in [1.165, 1.54) is 0 Å². The van der Waals surface area contributed by atoms with Crippen LogP contribution in [0.15, 0.2) is 60.8 Å². The molecule has 6 heteroatoms. The average Bonchev–Trinajstić information content (AvgIpc) is 3.17. The van der Waals surface area contributed by atoms with Crippen LogP contribution in [0.3, 0.4) is 0 Å². The lowest BCUT2D eigenvalue weighted by Crippen LogP contribution is -1.98. The molecule has 5 nitrogen and oxygen atoms in total. The number of hydrogen-bond acceptors (Lipinski definition) is 3. The zero-order valence-corrected chi connectivity index (χ0v) is 13.2. The number of aromatic nitrogens is 3. The van der Waals surface area contributed by atoms with Crippen LogP contribution in [0, 0.1) is 11.3 Å². The van der Waals surface area contributed by atoms with Gasteiger partial charge in [-0.25, -0.2) is 9.50 Å². The molecule has 24 heavy (non-hydrogen) atoms. The molecular formula is C18H12ClN5. The van der Waals surface area contributed by atoms with Gasteiger partial charge in [-0.15, -0.1) is 0 Å². The number of rotatable bonds is 3. The molecule has 0 aliphatic heterocycles. The predicted molar refractivity (Wildman–Crippen MR) is 94.4 cm³/mol. The Morgan fingerprint density at radius 3 is 2.58 bits per heavy atom. The predicted octanol–water partition coefficient (Wildman–Crippen LogP) is 4.60. The Hall–Kier alpha value is -3.23. The van der Waals surface area contributed by atoms with Gasteiger partial charge >= 0.3 is 0 Å². The van der Waals surface area contributed by atoms with Gasteiger partial charge < -0.3 is 5.32 Å². The summed E-state index contributed by atoms with van der Waals surface area (Å²) in [6.45, 7) is 0. The first kappa shape index (κ1) is 14.4. The fraction of sp³-hybridized carbons (Fsp3) is 0. The number of H-pyrrole nitrogens is 1. The number of nitrogens with zero attached hydrogens (tertiary/aromatic N) is 3. The van der Waals surface area contributed by atoms with E-state index < -0.39 is 0 Å². The van der Waals surface area contributed by atoms with Crippen LogP contribution in [0.4, 0.5) is 11.5 Å². The van der Waals surface area contributed by atoms with E-state index in [1.807, 2.05) is 54.6 Å². The molecule has 0 saturated heterocycles. The Balaban J connectivity index is 1.93. The number of halogens is 1. The minimum Gasteiger partial charge on any atom is -0.337 e. The maximum atomic E-state index is 9.26. The molecule has 0 saturated carbocycles. The van der Waals surface area contributed by atoms with Gasteiger partial charge in [-0.1, -0.05) is 54.1 Å². The summed E-state index contributed by atoms with van der Waals surface area (Å²) >= 11 is 6.27. The number of hydrogen-bond donors (Lipinski definition) is 2. The number of nitriles is 1. The minimum absolute atomic E-state index is 0.486. The van der Waals surface area contributed by atoms with Crippen molar-refractivity contribution in [2.24, 2.45) is 0 Å². The highest BCUT2D eigenvalue weighted by Crippen LogP contribution is 2.33. The van der Waals surface area contributed by atoms with E-state index in [-0.39, 0.29) is 0 Å². The zero-order valence-electron chi connectivity index (χ0n) is 12.5. The summed E-state index contributed by atoms with van der Waals surface area (Å²) < 4.78 is 1.75. The maximum absolute atomic E-state index is 9.26. The van der Waals surface area contributed by atoms with Gasteiger partial charge in [-0.05, 0) is 12.1 Å². The smallest absolute Gasteiger partial charge is 0.173 e. The largest absolute Gasteiger partial charge is 0.337 e. The summed E-state index contributed by atoms with van der Waals surface area (Å²) in [4.78, 5) is 4.64. The van der Waals surface area contributed by atoms with Crippen LogP contribution in [0.25, 0.3) is 16.9 Å². The summed E-state index contributed by atoms with van der Waals surface area (Å²) in [5.41, 5.74) is 3.53. The van der Waals surface area contributed by atoms with Crippen LogP contribution in [-0.4, -0.2) is 14.6 Å². The van der Waals surface area contributed by atoms with Gasteiger partial charge in [0.25, 0.3) is 0 Å². The second-order valence-electron chi connectivity index (χ2n) is 5.24. The van der Waals surface area contributed by atoms with Crippen LogP contribution < -0.4 is 5.32 Å². The molecule has 2 heterocycles. The zero-order chi connectivity index (χ0) is 16.5. The average molecular weight is 334 g/mol. The van der Waals surface area contributed by atoms with Crippen molar-refractivity contribution >= 4 is 28.8 Å². The van der Waals surface area contributed by atoms with Gasteiger partial charge in [-0.3, -0.25) is 5.10 Å². The first-order valence-electron chi connectivity index (χ1n) is 7.35. The van der Waals surface area contributed by atoms with E-state index in [2.05, 4.69) is 21.5 Å². The molecule has 0 atom stereocenters. The SMILES string of the molecule is N#Cc1c[nH]n2c(Nc3ccccc3Cl)c(-c3ccccc3)nc12. The van der Waals surface area contributed by atoms with E-state index >= 15 is 0 Å². The van der Waals surface area contributed by atoms with E-state index in [9.17, 15) is 5.26 Å². The lowest BCUT2D eigenvalue weighted by Gasteiger charge is -2.09. The van der Waals surface area contributed by atoms with Crippen molar-refractivity contribution in [3.8, 4) is 17.3 Å². The van der Waals surface area contributed by atoms with Crippen molar-refractivity contribution in [3.63, 3.8) is 0 Å². The van der Waals surface area contributed by atoms with E-state index in [0.29, 0.717) is 16.2 Å². The molecule has 0 aliphatic rings. The molecule has 2 aromatic carbocycles. The fourth-order valence-electron chi connectivity index (χ4n) is 2.61. The Labute approximate surface area is 143 Å². The molecule has 0 unspecified atom stereocenters. The Morgan fingerprint density at radius 2 is 1.83 bits per heavy atom. The Bertz CT molecular complexity index is 1060. The van der Waals surface area contributed by atoms with Crippen LogP contribution in [0.2, 0.25) is 5.02 Å². The first-order valence-corrected chi connectivity index (χ1v) is 7.72. The number of nitrogens with one attached hydrogen (secondary N) is 2. The van der Waals surface area contributed by atoms with Crippen LogP contribution in [-0.2, 0) is 0 Å². The highest BCUT2D eigenvalue weighted by Gasteiger charge is 2.18. The number of aromatic amines is 1. The fourth-order valence-corrected chi connectivity index (χ4v) is 2.79. The summed E-state index contributed by atoms with van der Waals surface area (Å²) in [5.74, 6) is 0.728.